The fraction of sp³-hybridized carbons (Fsp3) is 0.414. The first-order valence-electron chi connectivity index (χ1n) is 13.5. The van der Waals surface area contributed by atoms with Crippen molar-refractivity contribution in [2.45, 2.75) is 69.7 Å². The highest BCUT2D eigenvalue weighted by Crippen LogP contribution is 2.26. The molecule has 5 rings (SSSR count). The van der Waals surface area contributed by atoms with Crippen LogP contribution in [0, 0.1) is 10.1 Å². The Morgan fingerprint density at radius 1 is 1.12 bits per heavy atom. The third-order valence-electron chi connectivity index (χ3n) is 7.85. The molecule has 1 aliphatic heterocycles. The Labute approximate surface area is 232 Å². The lowest BCUT2D eigenvalue weighted by molar-refractivity contribution is -0.384. The molecule has 1 saturated carbocycles. The van der Waals surface area contributed by atoms with Gasteiger partial charge in [0.25, 0.3) is 5.69 Å². The van der Waals surface area contributed by atoms with Crippen molar-refractivity contribution in [1.82, 2.24) is 19.8 Å². The highest BCUT2D eigenvalue weighted by molar-refractivity contribution is 5.89. The number of fused-ring (bicyclic) bond motifs is 1. The van der Waals surface area contributed by atoms with E-state index >= 15 is 0 Å². The molecular weight excluding hydrogens is 512 g/mol. The minimum Gasteiger partial charge on any atom is -0.497 e. The molecule has 2 aliphatic rings. The minimum absolute atomic E-state index is 0.0273. The highest BCUT2D eigenvalue weighted by atomic mass is 16.6. The Balaban J connectivity index is 1.38. The molecule has 3 aromatic rings. The van der Waals surface area contributed by atoms with Crippen LogP contribution in [0.2, 0.25) is 0 Å². The number of ether oxygens (including phenoxy) is 1. The molecule has 1 fully saturated rings. The molecule has 11 heteroatoms. The maximum absolute atomic E-state index is 13.7. The summed E-state index contributed by atoms with van der Waals surface area (Å²) in [6, 6.07) is 13.3. The maximum atomic E-state index is 13.7. The summed E-state index contributed by atoms with van der Waals surface area (Å²) in [5.41, 5.74) is 9.37. The van der Waals surface area contributed by atoms with Crippen LogP contribution in [0.4, 0.5) is 5.69 Å². The first kappa shape index (κ1) is 27.3. The number of benzene rings is 2. The number of nitrogens with two attached hydrogens (primary N) is 1. The standard InChI is InChI=1S/C29H34N6O5/c1-40-24-4-2-3-20(13-24)14-28(36)34-17-27-25(15-26(34)29(37)32-22-9-7-21(30)8-10-22)31-18-33(27)16-19-5-11-23(12-6-19)35(38)39/h2-6,11-13,18,21-22,26H,7-10,14-17,30H2,1H3,(H,32,37). The molecular formula is C29H34N6O5. The van der Waals surface area contributed by atoms with Crippen LogP contribution in [0.15, 0.2) is 54.9 Å². The van der Waals surface area contributed by atoms with Crippen molar-refractivity contribution >= 4 is 17.5 Å². The number of rotatable bonds is 8. The van der Waals surface area contributed by atoms with Crippen LogP contribution >= 0.6 is 0 Å². The summed E-state index contributed by atoms with van der Waals surface area (Å²) in [5.74, 6) is 0.333. The van der Waals surface area contributed by atoms with Gasteiger partial charge in [0.15, 0.2) is 0 Å². The fourth-order valence-corrected chi connectivity index (χ4v) is 5.54. The van der Waals surface area contributed by atoms with Crippen LogP contribution < -0.4 is 15.8 Å². The van der Waals surface area contributed by atoms with E-state index in [-0.39, 0.29) is 42.6 Å². The van der Waals surface area contributed by atoms with Gasteiger partial charge >= 0.3 is 0 Å². The first-order valence-corrected chi connectivity index (χ1v) is 13.5. The number of hydrogen-bond donors (Lipinski definition) is 2. The minimum atomic E-state index is -0.677. The van der Waals surface area contributed by atoms with Crippen LogP contribution in [0.3, 0.4) is 0 Å². The van der Waals surface area contributed by atoms with E-state index in [0.29, 0.717) is 18.7 Å². The lowest BCUT2D eigenvalue weighted by Gasteiger charge is -2.36. The van der Waals surface area contributed by atoms with Gasteiger partial charge < -0.3 is 25.3 Å². The van der Waals surface area contributed by atoms with Crippen LogP contribution in [0.1, 0.15) is 48.2 Å². The number of amides is 2. The molecule has 1 atom stereocenters. The Morgan fingerprint density at radius 3 is 2.58 bits per heavy atom. The number of carbonyl (C=O) groups excluding carboxylic acids is 2. The van der Waals surface area contributed by atoms with Gasteiger partial charge in [-0.25, -0.2) is 4.98 Å². The number of aromatic nitrogens is 2. The SMILES string of the molecule is COc1cccc(CC(=O)N2Cc3c(ncn3Cc3ccc([N+](=O)[O-])cc3)CC2C(=O)NC2CCC(N)CC2)c1. The summed E-state index contributed by atoms with van der Waals surface area (Å²) in [6.45, 7) is 0.677. The van der Waals surface area contributed by atoms with Crippen molar-refractivity contribution < 1.29 is 19.2 Å². The topological polar surface area (TPSA) is 146 Å². The van der Waals surface area contributed by atoms with Crippen molar-refractivity contribution in [2.75, 3.05) is 7.11 Å². The van der Waals surface area contributed by atoms with Gasteiger partial charge in [-0.1, -0.05) is 24.3 Å². The van der Waals surface area contributed by atoms with E-state index in [4.69, 9.17) is 10.5 Å². The molecule has 210 valence electrons. The first-order chi connectivity index (χ1) is 19.3. The summed E-state index contributed by atoms with van der Waals surface area (Å²) < 4.78 is 7.26. The second-order valence-corrected chi connectivity index (χ2v) is 10.6. The lowest BCUT2D eigenvalue weighted by atomic mass is 9.91. The molecule has 1 aromatic heterocycles. The molecule has 2 amide bonds. The molecule has 1 aliphatic carbocycles. The Kier molecular flexibility index (Phi) is 8.11. The Morgan fingerprint density at radius 2 is 1.88 bits per heavy atom. The molecule has 0 bridgehead atoms. The average molecular weight is 547 g/mol. The van der Waals surface area contributed by atoms with Crippen molar-refractivity contribution in [3.05, 3.63) is 87.5 Å². The summed E-state index contributed by atoms with van der Waals surface area (Å²) in [4.78, 5) is 44.1. The van der Waals surface area contributed by atoms with Crippen molar-refractivity contribution in [3.8, 4) is 5.75 Å². The van der Waals surface area contributed by atoms with Gasteiger partial charge in [0.05, 0.1) is 42.7 Å². The average Bonchev–Trinajstić information content (AvgIpc) is 3.35. The fourth-order valence-electron chi connectivity index (χ4n) is 5.54. The normalized spacial score (nSPS) is 20.4. The summed E-state index contributed by atoms with van der Waals surface area (Å²) in [7, 11) is 1.58. The monoisotopic (exact) mass is 546 g/mol. The zero-order valence-electron chi connectivity index (χ0n) is 22.5. The Hall–Kier alpha value is -4.25. The molecule has 0 spiro atoms. The number of nitro groups is 1. The van der Waals surface area contributed by atoms with E-state index in [2.05, 4.69) is 10.3 Å². The molecule has 11 nitrogen and oxygen atoms in total. The van der Waals surface area contributed by atoms with Crippen LogP contribution in [0.5, 0.6) is 5.75 Å². The van der Waals surface area contributed by atoms with Gasteiger partial charge in [0.2, 0.25) is 11.8 Å². The van der Waals surface area contributed by atoms with E-state index < -0.39 is 11.0 Å². The Bertz CT molecular complexity index is 1380. The van der Waals surface area contributed by atoms with Gasteiger partial charge in [0.1, 0.15) is 11.8 Å². The van der Waals surface area contributed by atoms with E-state index in [0.717, 1.165) is 48.2 Å². The van der Waals surface area contributed by atoms with Crippen molar-refractivity contribution in [1.29, 1.82) is 0 Å². The number of non-ortho nitro benzene ring substituents is 1. The number of imidazole rings is 1. The second kappa shape index (κ2) is 11.9. The molecule has 0 saturated heterocycles. The predicted octanol–water partition coefficient (Wildman–Crippen LogP) is 2.73. The largest absolute Gasteiger partial charge is 0.497 e. The van der Waals surface area contributed by atoms with Gasteiger partial charge in [0, 0.05) is 37.2 Å². The van der Waals surface area contributed by atoms with E-state index in [9.17, 15) is 19.7 Å². The van der Waals surface area contributed by atoms with Gasteiger partial charge in [-0.05, 0) is 48.9 Å². The van der Waals surface area contributed by atoms with Crippen molar-refractivity contribution in [3.63, 3.8) is 0 Å². The second-order valence-electron chi connectivity index (χ2n) is 10.6. The number of hydrogen-bond acceptors (Lipinski definition) is 7. The predicted molar refractivity (Wildman–Crippen MR) is 148 cm³/mol. The zero-order chi connectivity index (χ0) is 28.2. The number of nitrogens with zero attached hydrogens (tertiary/aromatic N) is 4. The third-order valence-corrected chi connectivity index (χ3v) is 7.85. The van der Waals surface area contributed by atoms with Crippen LogP contribution in [0.25, 0.3) is 0 Å². The van der Waals surface area contributed by atoms with Crippen LogP contribution in [-0.2, 0) is 35.5 Å². The number of nitrogens with one attached hydrogen (secondary N) is 1. The lowest BCUT2D eigenvalue weighted by Crippen LogP contribution is -2.55. The number of methoxy groups -OCH3 is 1. The van der Waals surface area contributed by atoms with Crippen LogP contribution in [-0.4, -0.2) is 56.4 Å². The third kappa shape index (κ3) is 6.15. The van der Waals surface area contributed by atoms with Gasteiger partial charge in [-0.15, -0.1) is 0 Å². The summed E-state index contributed by atoms with van der Waals surface area (Å²) in [5, 5.41) is 14.2. The van der Waals surface area contributed by atoms with E-state index in [1.54, 1.807) is 30.5 Å². The summed E-state index contributed by atoms with van der Waals surface area (Å²) >= 11 is 0. The van der Waals surface area contributed by atoms with Crippen molar-refractivity contribution in [2.24, 2.45) is 5.73 Å². The zero-order valence-corrected chi connectivity index (χ0v) is 22.5. The molecule has 40 heavy (non-hydrogen) atoms. The molecule has 0 radical (unpaired) electrons. The number of nitro benzene ring substituents is 1. The molecule has 2 aromatic carbocycles. The smallest absolute Gasteiger partial charge is 0.269 e. The van der Waals surface area contributed by atoms with E-state index in [1.165, 1.54) is 12.1 Å². The van der Waals surface area contributed by atoms with Gasteiger partial charge in [-0.3, -0.25) is 19.7 Å². The molecule has 2 heterocycles. The van der Waals surface area contributed by atoms with E-state index in [1.807, 2.05) is 28.8 Å². The molecule has 3 N–H and O–H groups in total. The highest BCUT2D eigenvalue weighted by Gasteiger charge is 2.37. The number of carbonyl (C=O) groups is 2. The quantitative estimate of drug-likeness (QED) is 0.326. The maximum Gasteiger partial charge on any atom is 0.269 e. The summed E-state index contributed by atoms with van der Waals surface area (Å²) in [6.07, 6.45) is 5.53. The molecule has 1 unspecified atom stereocenters. The van der Waals surface area contributed by atoms with Gasteiger partial charge in [-0.2, -0.15) is 0 Å².